The van der Waals surface area contributed by atoms with Crippen LogP contribution in [0.4, 0.5) is 14.5 Å². The molecule has 11 heteroatoms. The normalized spacial score (nSPS) is 17.9. The van der Waals surface area contributed by atoms with Crippen molar-refractivity contribution < 1.29 is 18.4 Å². The zero-order chi connectivity index (χ0) is 24.9. The van der Waals surface area contributed by atoms with Gasteiger partial charge in [0.25, 0.3) is 11.8 Å². The highest BCUT2D eigenvalue weighted by Gasteiger charge is 2.31. The Kier molecular flexibility index (Phi) is 7.35. The van der Waals surface area contributed by atoms with E-state index in [2.05, 4.69) is 20.8 Å². The van der Waals surface area contributed by atoms with Gasteiger partial charge in [0.1, 0.15) is 22.9 Å². The summed E-state index contributed by atoms with van der Waals surface area (Å²) in [5.74, 6) is -1.93. The maximum absolute atomic E-state index is 14.7. The molecule has 1 unspecified atom stereocenters. The van der Waals surface area contributed by atoms with Crippen molar-refractivity contribution in [3.63, 3.8) is 0 Å². The minimum Gasteiger partial charge on any atom is -0.352 e. The van der Waals surface area contributed by atoms with Crippen LogP contribution in [0.25, 0.3) is 5.69 Å². The van der Waals surface area contributed by atoms with Gasteiger partial charge in [0.05, 0.1) is 18.0 Å². The Bertz CT molecular complexity index is 1200. The van der Waals surface area contributed by atoms with Gasteiger partial charge in [0.15, 0.2) is 6.29 Å². The highest BCUT2D eigenvalue weighted by molar-refractivity contribution is 6.01. The first-order valence-corrected chi connectivity index (χ1v) is 11.6. The second-order valence-electron chi connectivity index (χ2n) is 7.84. The number of carbonyl (C=O) groups excluding carboxylic acids is 2. The lowest BCUT2D eigenvalue weighted by atomic mass is 10.1. The summed E-state index contributed by atoms with van der Waals surface area (Å²) < 4.78 is 28.2. The minimum atomic E-state index is -0.638. The van der Waals surface area contributed by atoms with Crippen LogP contribution in [-0.4, -0.2) is 69.1 Å². The molecule has 1 aromatic heterocycles. The second-order valence-corrected chi connectivity index (χ2v) is 7.84. The third-order valence-electron chi connectivity index (χ3n) is 5.81. The van der Waals surface area contributed by atoms with E-state index in [1.165, 1.54) is 47.5 Å². The Labute approximate surface area is 201 Å². The molecule has 2 aliphatic heterocycles. The lowest BCUT2D eigenvalue weighted by Crippen LogP contribution is -2.56. The van der Waals surface area contributed by atoms with E-state index in [1.54, 1.807) is 11.0 Å². The van der Waals surface area contributed by atoms with Gasteiger partial charge >= 0.3 is 0 Å². The number of nitrogens with one attached hydrogen (secondary N) is 2. The molecule has 0 saturated carbocycles. The molecule has 2 aromatic carbocycles. The van der Waals surface area contributed by atoms with Gasteiger partial charge in [-0.1, -0.05) is 19.9 Å². The van der Waals surface area contributed by atoms with Crippen LogP contribution in [0.5, 0.6) is 0 Å². The van der Waals surface area contributed by atoms with Crippen molar-refractivity contribution in [1.29, 1.82) is 0 Å². The number of benzene rings is 2. The SMILES string of the molecule is CC.O=C1NC(N2CCCN(C(=O)c3c(F)cccc3-n3nccn3)CC2)Nc2ccc(F)cc21. The Morgan fingerprint density at radius 3 is 2.54 bits per heavy atom. The summed E-state index contributed by atoms with van der Waals surface area (Å²) in [6, 6.07) is 8.37. The van der Waals surface area contributed by atoms with Crippen molar-refractivity contribution in [2.24, 2.45) is 0 Å². The molecule has 0 spiro atoms. The largest absolute Gasteiger partial charge is 0.352 e. The molecule has 0 bridgehead atoms. The van der Waals surface area contributed by atoms with Gasteiger partial charge in [-0.3, -0.25) is 14.5 Å². The van der Waals surface area contributed by atoms with Gasteiger partial charge in [0.2, 0.25) is 0 Å². The number of fused-ring (bicyclic) bond motifs is 1. The van der Waals surface area contributed by atoms with Gasteiger partial charge in [-0.25, -0.2) is 8.78 Å². The van der Waals surface area contributed by atoms with E-state index in [-0.39, 0.29) is 22.7 Å². The van der Waals surface area contributed by atoms with E-state index in [0.717, 1.165) is 0 Å². The van der Waals surface area contributed by atoms with Gasteiger partial charge in [-0.15, -0.1) is 0 Å². The van der Waals surface area contributed by atoms with E-state index in [9.17, 15) is 18.4 Å². The highest BCUT2D eigenvalue weighted by atomic mass is 19.1. The average molecular weight is 484 g/mol. The van der Waals surface area contributed by atoms with Gasteiger partial charge < -0.3 is 15.5 Å². The summed E-state index contributed by atoms with van der Waals surface area (Å²) in [5.41, 5.74) is 0.987. The molecule has 0 radical (unpaired) electrons. The zero-order valence-corrected chi connectivity index (χ0v) is 19.5. The number of rotatable bonds is 3. The third kappa shape index (κ3) is 4.99. The summed E-state index contributed by atoms with van der Waals surface area (Å²) in [6.07, 6.45) is 3.05. The first kappa shape index (κ1) is 24.3. The van der Waals surface area contributed by atoms with E-state index in [0.29, 0.717) is 38.3 Å². The quantitative estimate of drug-likeness (QED) is 0.595. The van der Waals surface area contributed by atoms with Gasteiger partial charge in [0, 0.05) is 31.9 Å². The van der Waals surface area contributed by atoms with E-state index < -0.39 is 23.8 Å². The van der Waals surface area contributed by atoms with Crippen molar-refractivity contribution in [1.82, 2.24) is 30.1 Å². The Balaban J connectivity index is 0.00000141. The molecule has 2 N–H and O–H groups in total. The van der Waals surface area contributed by atoms with Crippen molar-refractivity contribution in [2.75, 3.05) is 31.5 Å². The molecule has 9 nitrogen and oxygen atoms in total. The highest BCUT2D eigenvalue weighted by Crippen LogP contribution is 2.24. The molecular formula is C24H27F2N7O2. The number of amides is 2. The zero-order valence-electron chi connectivity index (χ0n) is 19.5. The Hall–Kier alpha value is -3.86. The average Bonchev–Trinajstić information content (AvgIpc) is 3.29. The van der Waals surface area contributed by atoms with E-state index in [4.69, 9.17) is 0 Å². The Morgan fingerprint density at radius 1 is 1.00 bits per heavy atom. The van der Waals surface area contributed by atoms with Crippen molar-refractivity contribution in [3.8, 4) is 5.69 Å². The van der Waals surface area contributed by atoms with Crippen LogP contribution in [0, 0.1) is 11.6 Å². The fraction of sp³-hybridized carbons (Fsp3) is 0.333. The monoisotopic (exact) mass is 483 g/mol. The summed E-state index contributed by atoms with van der Waals surface area (Å²) in [7, 11) is 0. The fourth-order valence-corrected chi connectivity index (χ4v) is 4.19. The minimum absolute atomic E-state index is 0.0813. The van der Waals surface area contributed by atoms with Gasteiger partial charge in [-0.2, -0.15) is 15.0 Å². The van der Waals surface area contributed by atoms with Gasteiger partial charge in [-0.05, 0) is 36.8 Å². The van der Waals surface area contributed by atoms with Crippen LogP contribution in [0.15, 0.2) is 48.8 Å². The molecule has 2 amide bonds. The molecule has 0 aliphatic carbocycles. The summed E-state index contributed by atoms with van der Waals surface area (Å²) in [4.78, 5) is 30.6. The third-order valence-corrected chi connectivity index (χ3v) is 5.81. The first-order valence-electron chi connectivity index (χ1n) is 11.6. The van der Waals surface area contributed by atoms with Crippen LogP contribution in [0.2, 0.25) is 0 Å². The molecule has 1 fully saturated rings. The molecule has 1 saturated heterocycles. The van der Waals surface area contributed by atoms with Crippen LogP contribution in [0.3, 0.4) is 0 Å². The molecular weight excluding hydrogens is 456 g/mol. The smallest absolute Gasteiger partial charge is 0.259 e. The molecule has 3 aromatic rings. The van der Waals surface area contributed by atoms with E-state index >= 15 is 0 Å². The first-order chi connectivity index (χ1) is 17.0. The van der Waals surface area contributed by atoms with E-state index in [1.807, 2.05) is 18.7 Å². The summed E-state index contributed by atoms with van der Waals surface area (Å²) in [6.45, 7) is 5.81. The van der Waals surface area contributed by atoms with Crippen molar-refractivity contribution >= 4 is 17.5 Å². The standard InChI is InChI=1S/C22H21F2N7O2.C2H6/c23-14-5-6-17-15(13-14)20(32)28-22(27-17)30-10-2-9-29(11-12-30)21(33)19-16(24)3-1-4-18(19)31-25-7-8-26-31;1-2/h1,3-8,13,22,27H,2,9-12H2,(H,28,32);1-2H3. The lowest BCUT2D eigenvalue weighted by Gasteiger charge is -2.36. The predicted octanol–water partition coefficient (Wildman–Crippen LogP) is 2.86. The van der Waals surface area contributed by atoms with Crippen LogP contribution >= 0.6 is 0 Å². The predicted molar refractivity (Wildman–Crippen MR) is 126 cm³/mol. The Morgan fingerprint density at radius 2 is 1.77 bits per heavy atom. The van der Waals surface area contributed by atoms with Crippen LogP contribution < -0.4 is 10.6 Å². The van der Waals surface area contributed by atoms with Crippen molar-refractivity contribution in [3.05, 3.63) is 71.6 Å². The number of anilines is 1. The number of hydrogen-bond donors (Lipinski definition) is 2. The maximum atomic E-state index is 14.7. The molecule has 3 heterocycles. The summed E-state index contributed by atoms with van der Waals surface area (Å²) >= 11 is 0. The second kappa shape index (κ2) is 10.6. The molecule has 1 atom stereocenters. The molecule has 184 valence electrons. The number of hydrogen-bond acceptors (Lipinski definition) is 6. The maximum Gasteiger partial charge on any atom is 0.259 e. The topological polar surface area (TPSA) is 95.4 Å². The number of halogens is 2. The molecule has 2 aliphatic rings. The molecule has 5 rings (SSSR count). The number of aromatic nitrogens is 3. The van der Waals surface area contributed by atoms with Crippen molar-refractivity contribution in [2.45, 2.75) is 26.6 Å². The van der Waals surface area contributed by atoms with Crippen LogP contribution in [-0.2, 0) is 0 Å². The molecule has 35 heavy (non-hydrogen) atoms. The number of nitrogens with zero attached hydrogens (tertiary/aromatic N) is 5. The fourth-order valence-electron chi connectivity index (χ4n) is 4.19. The number of carbonyl (C=O) groups is 2. The summed E-state index contributed by atoms with van der Waals surface area (Å²) in [5, 5.41) is 14.1. The lowest BCUT2D eigenvalue weighted by molar-refractivity contribution is 0.0743. The van der Waals surface area contributed by atoms with Crippen LogP contribution in [0.1, 0.15) is 41.0 Å².